The number of piperidine rings is 1. The van der Waals surface area contributed by atoms with E-state index in [0.717, 1.165) is 4.90 Å². The van der Waals surface area contributed by atoms with Crippen LogP contribution in [0.15, 0.2) is 24.3 Å². The number of likely N-dealkylation sites (tertiary alicyclic amines) is 1. The number of anilines is 1. The summed E-state index contributed by atoms with van der Waals surface area (Å²) in [5, 5.41) is 10.9. The number of carbonyl (C=O) groups excluding carboxylic acids is 3. The van der Waals surface area contributed by atoms with Crippen LogP contribution in [0, 0.1) is 16.0 Å². The SMILES string of the molecule is CCOC(=O)C1CCN([C@H]2CC(=O)N(c3cccc([N+](=O)[O-])c3)C2=O)CC1. The molecular weight excluding hydrogens is 354 g/mol. The monoisotopic (exact) mass is 375 g/mol. The smallest absolute Gasteiger partial charge is 0.309 e. The van der Waals surface area contributed by atoms with Gasteiger partial charge in [0.05, 0.1) is 35.6 Å². The van der Waals surface area contributed by atoms with Crippen molar-refractivity contribution in [1.29, 1.82) is 0 Å². The number of hydrogen-bond donors (Lipinski definition) is 0. The molecule has 27 heavy (non-hydrogen) atoms. The number of nitro benzene ring substituents is 1. The minimum Gasteiger partial charge on any atom is -0.466 e. The Labute approximate surface area is 156 Å². The van der Waals surface area contributed by atoms with Gasteiger partial charge in [0.15, 0.2) is 0 Å². The molecule has 2 aliphatic heterocycles. The lowest BCUT2D eigenvalue weighted by atomic mass is 9.95. The van der Waals surface area contributed by atoms with Gasteiger partial charge < -0.3 is 4.74 Å². The highest BCUT2D eigenvalue weighted by molar-refractivity contribution is 6.22. The summed E-state index contributed by atoms with van der Waals surface area (Å²) in [6.45, 7) is 3.15. The Balaban J connectivity index is 1.69. The van der Waals surface area contributed by atoms with Gasteiger partial charge in [-0.05, 0) is 38.9 Å². The number of ether oxygens (including phenoxy) is 1. The lowest BCUT2D eigenvalue weighted by Gasteiger charge is -2.33. The lowest BCUT2D eigenvalue weighted by molar-refractivity contribution is -0.384. The van der Waals surface area contributed by atoms with E-state index in [0.29, 0.717) is 32.5 Å². The van der Waals surface area contributed by atoms with Crippen molar-refractivity contribution in [2.45, 2.75) is 32.2 Å². The lowest BCUT2D eigenvalue weighted by Crippen LogP contribution is -2.47. The largest absolute Gasteiger partial charge is 0.466 e. The molecule has 0 aromatic heterocycles. The average Bonchev–Trinajstić information content (AvgIpc) is 2.96. The first-order valence-corrected chi connectivity index (χ1v) is 8.94. The van der Waals surface area contributed by atoms with Gasteiger partial charge in [-0.25, -0.2) is 4.90 Å². The summed E-state index contributed by atoms with van der Waals surface area (Å²) < 4.78 is 5.04. The van der Waals surface area contributed by atoms with Crippen LogP contribution in [0.25, 0.3) is 0 Å². The summed E-state index contributed by atoms with van der Waals surface area (Å²) in [7, 11) is 0. The summed E-state index contributed by atoms with van der Waals surface area (Å²) in [5.41, 5.74) is 0.0370. The van der Waals surface area contributed by atoms with Crippen LogP contribution in [0.4, 0.5) is 11.4 Å². The van der Waals surface area contributed by atoms with Crippen molar-refractivity contribution in [1.82, 2.24) is 4.90 Å². The Morgan fingerprint density at radius 1 is 1.30 bits per heavy atom. The van der Waals surface area contributed by atoms with Crippen LogP contribution in [-0.4, -0.2) is 53.3 Å². The van der Waals surface area contributed by atoms with Crippen LogP contribution in [-0.2, 0) is 19.1 Å². The molecule has 2 heterocycles. The maximum absolute atomic E-state index is 12.8. The molecular formula is C18H21N3O6. The second-order valence-corrected chi connectivity index (χ2v) is 6.63. The van der Waals surface area contributed by atoms with Gasteiger partial charge in [0.2, 0.25) is 5.91 Å². The Hall–Kier alpha value is -2.81. The predicted octanol–water partition coefficient (Wildman–Crippen LogP) is 1.50. The van der Waals surface area contributed by atoms with Crippen molar-refractivity contribution in [3.8, 4) is 0 Å². The number of nitrogens with zero attached hydrogens (tertiary/aromatic N) is 3. The number of imide groups is 1. The highest BCUT2D eigenvalue weighted by Gasteiger charge is 2.44. The van der Waals surface area contributed by atoms with Crippen molar-refractivity contribution in [2.24, 2.45) is 5.92 Å². The zero-order chi connectivity index (χ0) is 19.6. The molecule has 0 bridgehead atoms. The summed E-state index contributed by atoms with van der Waals surface area (Å²) in [6.07, 6.45) is 1.19. The first-order valence-electron chi connectivity index (χ1n) is 8.94. The van der Waals surface area contributed by atoms with Crippen LogP contribution >= 0.6 is 0 Å². The molecule has 2 fully saturated rings. The van der Waals surface area contributed by atoms with E-state index in [-0.39, 0.29) is 41.5 Å². The van der Waals surface area contributed by atoms with E-state index in [4.69, 9.17) is 4.74 Å². The number of amides is 2. The standard InChI is InChI=1S/C18H21N3O6/c1-2-27-18(24)12-6-8-19(9-7-12)15-11-16(22)20(17(15)23)13-4-3-5-14(10-13)21(25)26/h3-5,10,12,15H,2,6-9,11H2,1H3/t15-/m0/s1. The normalized spacial score (nSPS) is 21.5. The molecule has 0 radical (unpaired) electrons. The number of nitro groups is 1. The van der Waals surface area contributed by atoms with Crippen LogP contribution in [0.2, 0.25) is 0 Å². The highest BCUT2D eigenvalue weighted by Crippen LogP contribution is 2.30. The van der Waals surface area contributed by atoms with Gasteiger partial charge >= 0.3 is 5.97 Å². The van der Waals surface area contributed by atoms with Crippen LogP contribution in [0.3, 0.4) is 0 Å². The number of esters is 1. The summed E-state index contributed by atoms with van der Waals surface area (Å²) in [4.78, 5) is 50.4. The molecule has 0 saturated carbocycles. The number of hydrogen-bond acceptors (Lipinski definition) is 7. The van der Waals surface area contributed by atoms with E-state index in [1.807, 2.05) is 4.90 Å². The molecule has 1 aromatic rings. The minimum absolute atomic E-state index is 0.0333. The molecule has 3 rings (SSSR count). The number of carbonyl (C=O) groups is 3. The molecule has 1 aromatic carbocycles. The van der Waals surface area contributed by atoms with Gasteiger partial charge in [-0.2, -0.15) is 0 Å². The fraction of sp³-hybridized carbons (Fsp3) is 0.500. The second-order valence-electron chi connectivity index (χ2n) is 6.63. The van der Waals surface area contributed by atoms with E-state index in [2.05, 4.69) is 0 Å². The van der Waals surface area contributed by atoms with Gasteiger partial charge in [0, 0.05) is 12.1 Å². The first-order chi connectivity index (χ1) is 12.9. The molecule has 0 unspecified atom stereocenters. The van der Waals surface area contributed by atoms with Crippen molar-refractivity contribution < 1.29 is 24.0 Å². The summed E-state index contributed by atoms with van der Waals surface area (Å²) >= 11 is 0. The van der Waals surface area contributed by atoms with E-state index >= 15 is 0 Å². The number of benzene rings is 1. The molecule has 0 spiro atoms. The van der Waals surface area contributed by atoms with E-state index in [1.165, 1.54) is 24.3 Å². The van der Waals surface area contributed by atoms with Crippen molar-refractivity contribution in [3.05, 3.63) is 34.4 Å². The molecule has 2 amide bonds. The fourth-order valence-electron chi connectivity index (χ4n) is 3.63. The van der Waals surface area contributed by atoms with Crippen molar-refractivity contribution in [2.75, 3.05) is 24.6 Å². The average molecular weight is 375 g/mol. The molecule has 0 aliphatic carbocycles. The van der Waals surface area contributed by atoms with E-state index in [1.54, 1.807) is 6.92 Å². The Kier molecular flexibility index (Phi) is 5.50. The Bertz CT molecular complexity index is 772. The Morgan fingerprint density at radius 2 is 2.00 bits per heavy atom. The molecule has 9 nitrogen and oxygen atoms in total. The third-order valence-electron chi connectivity index (χ3n) is 5.01. The van der Waals surface area contributed by atoms with Crippen LogP contribution < -0.4 is 4.90 Å². The molecule has 0 N–H and O–H groups in total. The molecule has 1 atom stereocenters. The van der Waals surface area contributed by atoms with Gasteiger partial charge in [-0.1, -0.05) is 6.07 Å². The third-order valence-corrected chi connectivity index (χ3v) is 5.01. The molecule has 2 aliphatic rings. The fourth-order valence-corrected chi connectivity index (χ4v) is 3.63. The summed E-state index contributed by atoms with van der Waals surface area (Å²) in [6, 6.07) is 4.90. The minimum atomic E-state index is -0.597. The molecule has 144 valence electrons. The van der Waals surface area contributed by atoms with Crippen LogP contribution in [0.1, 0.15) is 26.2 Å². The number of non-ortho nitro benzene ring substituents is 1. The van der Waals surface area contributed by atoms with Gasteiger partial charge in [-0.3, -0.25) is 29.4 Å². The first kappa shape index (κ1) is 19.0. The maximum Gasteiger partial charge on any atom is 0.309 e. The molecule has 2 saturated heterocycles. The summed E-state index contributed by atoms with van der Waals surface area (Å²) in [5.74, 6) is -1.15. The zero-order valence-corrected chi connectivity index (χ0v) is 15.0. The number of rotatable bonds is 5. The Morgan fingerprint density at radius 3 is 2.63 bits per heavy atom. The molecule has 9 heteroatoms. The van der Waals surface area contributed by atoms with Gasteiger partial charge in [0.25, 0.3) is 11.6 Å². The van der Waals surface area contributed by atoms with Crippen molar-refractivity contribution >= 4 is 29.2 Å². The zero-order valence-electron chi connectivity index (χ0n) is 15.0. The maximum atomic E-state index is 12.8. The predicted molar refractivity (Wildman–Crippen MR) is 94.9 cm³/mol. The second kappa shape index (κ2) is 7.83. The topological polar surface area (TPSA) is 110 Å². The van der Waals surface area contributed by atoms with Gasteiger partial charge in [-0.15, -0.1) is 0 Å². The quantitative estimate of drug-likeness (QED) is 0.332. The van der Waals surface area contributed by atoms with E-state index < -0.39 is 11.0 Å². The van der Waals surface area contributed by atoms with Crippen LogP contribution in [0.5, 0.6) is 0 Å². The third kappa shape index (κ3) is 3.82. The van der Waals surface area contributed by atoms with E-state index in [9.17, 15) is 24.5 Å². The van der Waals surface area contributed by atoms with Gasteiger partial charge in [0.1, 0.15) is 0 Å². The highest BCUT2D eigenvalue weighted by atomic mass is 16.6. The van der Waals surface area contributed by atoms with Crippen molar-refractivity contribution in [3.63, 3.8) is 0 Å².